The summed E-state index contributed by atoms with van der Waals surface area (Å²) in [5.74, 6) is -0.755. The van der Waals surface area contributed by atoms with Crippen molar-refractivity contribution in [2.45, 2.75) is 98.6 Å². The van der Waals surface area contributed by atoms with Crippen LogP contribution in [0.4, 0.5) is 0 Å². The molecule has 8 nitrogen and oxygen atoms in total. The van der Waals surface area contributed by atoms with Gasteiger partial charge in [-0.1, -0.05) is 69.3 Å². The number of aliphatic carboxylic acids is 1. The summed E-state index contributed by atoms with van der Waals surface area (Å²) < 4.78 is 16.7. The van der Waals surface area contributed by atoms with Crippen molar-refractivity contribution < 1.29 is 28.9 Å². The molecular weight excluding hydrogens is 637 g/mol. The summed E-state index contributed by atoms with van der Waals surface area (Å²) in [6, 6.07) is 13.1. The predicted molar refractivity (Wildman–Crippen MR) is 206 cm³/mol. The number of amides is 1. The van der Waals surface area contributed by atoms with Gasteiger partial charge < -0.3 is 24.6 Å². The van der Waals surface area contributed by atoms with Crippen molar-refractivity contribution in [1.82, 2.24) is 10.2 Å². The van der Waals surface area contributed by atoms with E-state index in [9.17, 15) is 14.7 Å². The molecule has 0 spiro atoms. The Morgan fingerprint density at radius 1 is 1.12 bits per heavy atom. The first-order valence-electron chi connectivity index (χ1n) is 17.5. The number of nitrogens with one attached hydrogen (secondary N) is 1. The third kappa shape index (κ3) is 15.2. The molecule has 0 radical (unpaired) electrons. The Balaban J connectivity index is 0.00000135. The van der Waals surface area contributed by atoms with E-state index >= 15 is 0 Å². The van der Waals surface area contributed by atoms with Crippen molar-refractivity contribution in [2.75, 3.05) is 46.0 Å². The van der Waals surface area contributed by atoms with Crippen LogP contribution in [0.25, 0.3) is 11.1 Å². The van der Waals surface area contributed by atoms with E-state index in [0.717, 1.165) is 47.2 Å². The van der Waals surface area contributed by atoms with Crippen molar-refractivity contribution in [3.05, 3.63) is 83.0 Å². The van der Waals surface area contributed by atoms with Gasteiger partial charge in [-0.05, 0) is 98.9 Å². The lowest BCUT2D eigenvalue weighted by molar-refractivity contribution is -0.139. The second-order valence-electron chi connectivity index (χ2n) is 11.9. The fourth-order valence-corrected chi connectivity index (χ4v) is 5.82. The number of hydrogen-bond donors (Lipinski definition) is 2. The summed E-state index contributed by atoms with van der Waals surface area (Å²) in [7, 11) is 3.48. The van der Waals surface area contributed by atoms with E-state index in [1.165, 1.54) is 0 Å². The van der Waals surface area contributed by atoms with Gasteiger partial charge in [0.15, 0.2) is 0 Å². The van der Waals surface area contributed by atoms with Gasteiger partial charge >= 0.3 is 5.97 Å². The van der Waals surface area contributed by atoms with Crippen LogP contribution in [0.2, 0.25) is 0 Å². The first kappa shape index (κ1) is 44.1. The molecule has 0 aliphatic carbocycles. The van der Waals surface area contributed by atoms with Crippen molar-refractivity contribution in [3.8, 4) is 11.1 Å². The number of methoxy groups -OCH3 is 2. The fourth-order valence-electron chi connectivity index (χ4n) is 5.35. The van der Waals surface area contributed by atoms with Gasteiger partial charge in [-0.2, -0.15) is 11.8 Å². The van der Waals surface area contributed by atoms with Crippen LogP contribution in [0.1, 0.15) is 82.3 Å². The monoisotopic (exact) mass is 698 g/mol. The Morgan fingerprint density at radius 3 is 2.39 bits per heavy atom. The van der Waals surface area contributed by atoms with Crippen molar-refractivity contribution >= 4 is 23.6 Å². The van der Waals surface area contributed by atoms with E-state index in [2.05, 4.69) is 42.3 Å². The summed E-state index contributed by atoms with van der Waals surface area (Å²) in [6.45, 7) is 16.9. The number of hydrogen-bond acceptors (Lipinski definition) is 7. The second-order valence-corrected chi connectivity index (χ2v) is 12.8. The molecule has 0 saturated carbocycles. The lowest BCUT2D eigenvalue weighted by Crippen LogP contribution is -2.41. The van der Waals surface area contributed by atoms with Crippen LogP contribution in [-0.4, -0.2) is 92.2 Å². The highest BCUT2D eigenvalue weighted by molar-refractivity contribution is 7.98. The first-order chi connectivity index (χ1) is 23.6. The van der Waals surface area contributed by atoms with Crippen LogP contribution in [0.5, 0.6) is 0 Å². The lowest BCUT2D eigenvalue weighted by atomic mass is 9.93. The molecule has 2 N–H and O–H groups in total. The number of carboxylic acid groups (broad SMARTS) is 1. The van der Waals surface area contributed by atoms with E-state index < -0.39 is 12.0 Å². The van der Waals surface area contributed by atoms with Gasteiger partial charge in [-0.15, -0.1) is 0 Å². The minimum Gasteiger partial charge on any atom is -0.480 e. The molecule has 3 rings (SSSR count). The van der Waals surface area contributed by atoms with E-state index in [4.69, 9.17) is 14.2 Å². The van der Waals surface area contributed by atoms with Crippen LogP contribution >= 0.6 is 11.8 Å². The largest absolute Gasteiger partial charge is 0.480 e. The maximum absolute atomic E-state index is 13.4. The molecule has 1 aliphatic rings. The van der Waals surface area contributed by atoms with Crippen LogP contribution in [0.15, 0.2) is 66.3 Å². The van der Waals surface area contributed by atoms with E-state index in [-0.39, 0.29) is 18.1 Å². The number of benzene rings is 2. The van der Waals surface area contributed by atoms with Gasteiger partial charge in [0.2, 0.25) is 0 Å². The molecule has 1 heterocycles. The topological polar surface area (TPSA) is 97.3 Å². The highest BCUT2D eigenvalue weighted by Crippen LogP contribution is 2.30. The Bertz CT molecular complexity index is 1310. The summed E-state index contributed by atoms with van der Waals surface area (Å²) in [6.07, 6.45) is 11.0. The summed E-state index contributed by atoms with van der Waals surface area (Å²) in [5, 5.41) is 12.4. The molecule has 1 aliphatic heterocycles. The fraction of sp³-hybridized carbons (Fsp3) is 0.550. The van der Waals surface area contributed by atoms with E-state index in [1.807, 2.05) is 83.3 Å². The highest BCUT2D eigenvalue weighted by atomic mass is 32.2. The third-order valence-corrected chi connectivity index (χ3v) is 9.14. The molecule has 0 aromatic heterocycles. The molecule has 2 aromatic carbocycles. The average molecular weight is 699 g/mol. The zero-order valence-electron chi connectivity index (χ0n) is 31.6. The van der Waals surface area contributed by atoms with Crippen molar-refractivity contribution in [3.63, 3.8) is 0 Å². The van der Waals surface area contributed by atoms with E-state index in [1.54, 1.807) is 26.0 Å². The molecule has 4 atom stereocenters. The number of likely N-dealkylation sites (tertiary alicyclic amines) is 1. The summed E-state index contributed by atoms with van der Waals surface area (Å²) in [5.41, 5.74) is 5.49. The van der Waals surface area contributed by atoms with Gasteiger partial charge in [-0.3, -0.25) is 9.69 Å². The van der Waals surface area contributed by atoms with Gasteiger partial charge in [0.25, 0.3) is 5.91 Å². The zero-order valence-corrected chi connectivity index (χ0v) is 32.4. The molecule has 3 unspecified atom stereocenters. The molecular formula is C40H62N2O6S. The van der Waals surface area contributed by atoms with Gasteiger partial charge in [-0.25, -0.2) is 4.79 Å². The standard InChI is InChI=1S/C33H44N2O5S.C5H12O.C2H6/c1-6-10-24(7-2)21-40-22-26-18-27(39-4)20-35(26)19-25-13-14-29(30(17-25)28-12-9-8-11-23(28)3)32(36)34-31(33(37)38)15-16-41-5;1-4-5(2)6-3;1-2/h6-14,17,26-27,31H,15-16,18-22H2,1-5H3,(H,34,36)(H,37,38);5H,4H2,1-3H3;1-2H3/b10-6-,24-7+;;/t26-,27?,31?;;/m0../s1. The van der Waals surface area contributed by atoms with Crippen LogP contribution in [0.3, 0.4) is 0 Å². The molecule has 0 bridgehead atoms. The molecule has 1 saturated heterocycles. The number of ether oxygens (including phenoxy) is 3. The number of aryl methyl sites for hydroxylation is 1. The van der Waals surface area contributed by atoms with Crippen LogP contribution in [-0.2, 0) is 25.5 Å². The molecule has 49 heavy (non-hydrogen) atoms. The highest BCUT2D eigenvalue weighted by Gasteiger charge is 2.32. The number of rotatable bonds is 17. The lowest BCUT2D eigenvalue weighted by Gasteiger charge is -2.25. The molecule has 1 fully saturated rings. The number of nitrogens with zero attached hydrogens (tertiary/aromatic N) is 1. The van der Waals surface area contributed by atoms with Gasteiger partial charge in [0.1, 0.15) is 6.04 Å². The maximum Gasteiger partial charge on any atom is 0.326 e. The molecule has 9 heteroatoms. The quantitative estimate of drug-likeness (QED) is 0.160. The number of carbonyl (C=O) groups is 2. The number of allylic oxidation sites excluding steroid dienone is 2. The Hall–Kier alpha value is -2.95. The maximum atomic E-state index is 13.4. The molecule has 2 aromatic rings. The van der Waals surface area contributed by atoms with Crippen LogP contribution in [0, 0.1) is 6.92 Å². The Labute approximate surface area is 300 Å². The van der Waals surface area contributed by atoms with Gasteiger partial charge in [0.05, 0.1) is 25.4 Å². The zero-order chi connectivity index (χ0) is 36.8. The predicted octanol–water partition coefficient (Wildman–Crippen LogP) is 8.18. The van der Waals surface area contributed by atoms with Crippen molar-refractivity contribution in [2.24, 2.45) is 0 Å². The first-order valence-corrected chi connectivity index (χ1v) is 18.9. The number of carbonyl (C=O) groups excluding carboxylic acids is 1. The normalized spacial score (nSPS) is 17.5. The molecule has 274 valence electrons. The number of thioether (sulfide) groups is 1. The summed E-state index contributed by atoms with van der Waals surface area (Å²) >= 11 is 1.56. The Kier molecular flexibility index (Phi) is 22.5. The minimum absolute atomic E-state index is 0.135. The second kappa shape index (κ2) is 25.1. The minimum atomic E-state index is -1.02. The molecule has 1 amide bonds. The van der Waals surface area contributed by atoms with E-state index in [0.29, 0.717) is 43.6 Å². The van der Waals surface area contributed by atoms with Crippen LogP contribution < -0.4 is 5.32 Å². The SMILES string of the molecule is C/C=C\C(=C/C)COC[C@@H]1CC(OC)CN1Cc1ccc(C(=O)NC(CCSC)C(=O)O)c(-c2ccccc2C)c1.CC.CCC(C)OC. The smallest absolute Gasteiger partial charge is 0.326 e. The van der Waals surface area contributed by atoms with Crippen molar-refractivity contribution in [1.29, 1.82) is 0 Å². The number of carboxylic acids is 1. The summed E-state index contributed by atoms with van der Waals surface area (Å²) in [4.78, 5) is 27.6. The van der Waals surface area contributed by atoms with Gasteiger partial charge in [0, 0.05) is 38.9 Å². The third-order valence-electron chi connectivity index (χ3n) is 8.49. The average Bonchev–Trinajstić information content (AvgIpc) is 3.51. The Morgan fingerprint density at radius 2 is 1.84 bits per heavy atom.